The van der Waals surface area contributed by atoms with Gasteiger partial charge in [0.1, 0.15) is 0 Å². The normalized spacial score (nSPS) is 21.8. The van der Waals surface area contributed by atoms with Gasteiger partial charge < -0.3 is 14.6 Å². The van der Waals surface area contributed by atoms with Gasteiger partial charge in [0, 0.05) is 6.10 Å². The van der Waals surface area contributed by atoms with Gasteiger partial charge in [0.25, 0.3) is 10.1 Å². The number of rotatable bonds is 8. The molecule has 2 bridgehead atoms. The molecule has 5 unspecified atom stereocenters. The molecule has 3 aromatic carbocycles. The van der Waals surface area contributed by atoms with Crippen LogP contribution in [0.3, 0.4) is 0 Å². The summed E-state index contributed by atoms with van der Waals surface area (Å²) in [6, 6.07) is 32.2. The quantitative estimate of drug-likeness (QED) is 0.156. The number of ether oxygens (including phenoxy) is 2. The molecule has 10 heteroatoms. The van der Waals surface area contributed by atoms with E-state index in [1.54, 1.807) is 41.5 Å². The molecule has 0 aliphatic heterocycles. The first-order valence-electron chi connectivity index (χ1n) is 15.6. The lowest BCUT2D eigenvalue weighted by Crippen LogP contribution is -2.44. The Labute approximate surface area is 276 Å². The molecule has 0 saturated heterocycles. The van der Waals surface area contributed by atoms with Crippen molar-refractivity contribution in [2.24, 2.45) is 23.7 Å². The van der Waals surface area contributed by atoms with Crippen molar-refractivity contribution in [2.45, 2.75) is 92.6 Å². The molecule has 5 rings (SSSR count). The van der Waals surface area contributed by atoms with Crippen LogP contribution in [0.15, 0.2) is 106 Å². The number of aliphatic hydroxyl groups is 1. The van der Waals surface area contributed by atoms with Crippen molar-refractivity contribution in [3.05, 3.63) is 91.0 Å². The SMILES string of the molecule is CC(C)O.CC(C)OC(=O)C1C2CC(C1C(=O)OC(C)C)C(S(=O)(=O)O)C2.c1ccc([S+](c2ccccc2)c2ccccc2)cc1. The molecule has 2 fully saturated rings. The summed E-state index contributed by atoms with van der Waals surface area (Å²) in [4.78, 5) is 28.9. The smallest absolute Gasteiger partial charge is 0.310 e. The Balaban J connectivity index is 0.000000227. The maximum absolute atomic E-state index is 12.4. The maximum Gasteiger partial charge on any atom is 0.310 e. The molecule has 3 aromatic rings. The molecule has 0 spiro atoms. The fourth-order valence-electron chi connectivity index (χ4n) is 6.00. The minimum atomic E-state index is -4.26. The van der Waals surface area contributed by atoms with E-state index in [0.29, 0.717) is 6.42 Å². The van der Waals surface area contributed by atoms with E-state index in [9.17, 15) is 22.6 Å². The topological polar surface area (TPSA) is 127 Å². The third-order valence-corrected chi connectivity index (χ3v) is 11.0. The molecule has 46 heavy (non-hydrogen) atoms. The maximum atomic E-state index is 12.4. The Morgan fingerprint density at radius 2 is 1.02 bits per heavy atom. The molecule has 0 radical (unpaired) electrons. The van der Waals surface area contributed by atoms with Crippen molar-refractivity contribution in [3.8, 4) is 0 Å². The molecule has 2 aliphatic rings. The Morgan fingerprint density at radius 3 is 1.35 bits per heavy atom. The third kappa shape index (κ3) is 10.4. The Morgan fingerprint density at radius 1 is 0.674 bits per heavy atom. The van der Waals surface area contributed by atoms with E-state index in [4.69, 9.17) is 14.6 Å². The molecule has 250 valence electrons. The summed E-state index contributed by atoms with van der Waals surface area (Å²) in [6.07, 6.45) is -0.277. The van der Waals surface area contributed by atoms with Crippen molar-refractivity contribution < 1.29 is 37.1 Å². The summed E-state index contributed by atoms with van der Waals surface area (Å²) in [5.41, 5.74) is 0. The summed E-state index contributed by atoms with van der Waals surface area (Å²) < 4.78 is 43.0. The Bertz CT molecular complexity index is 1380. The van der Waals surface area contributed by atoms with Crippen LogP contribution in [0.25, 0.3) is 0 Å². The Hall–Kier alpha value is -3.18. The van der Waals surface area contributed by atoms with Crippen LogP contribution in [0, 0.1) is 23.7 Å². The number of fused-ring (bicyclic) bond motifs is 2. The van der Waals surface area contributed by atoms with E-state index in [-0.39, 0.29) is 41.5 Å². The van der Waals surface area contributed by atoms with Crippen LogP contribution in [0.5, 0.6) is 0 Å². The van der Waals surface area contributed by atoms with E-state index in [0.717, 1.165) is 0 Å². The lowest BCUT2D eigenvalue weighted by Gasteiger charge is -2.32. The second-order valence-electron chi connectivity index (χ2n) is 12.3. The van der Waals surface area contributed by atoms with Crippen LogP contribution in [-0.4, -0.2) is 53.6 Å². The number of benzene rings is 3. The van der Waals surface area contributed by atoms with E-state index in [2.05, 4.69) is 91.0 Å². The number of esters is 2. The van der Waals surface area contributed by atoms with Gasteiger partial charge >= 0.3 is 11.9 Å². The molecule has 2 N–H and O–H groups in total. The van der Waals surface area contributed by atoms with Crippen molar-refractivity contribution in [1.82, 2.24) is 0 Å². The zero-order valence-corrected chi connectivity index (χ0v) is 29.0. The van der Waals surface area contributed by atoms with Gasteiger partial charge in [0.2, 0.25) is 0 Å². The molecular formula is C36H47O8S2+. The van der Waals surface area contributed by atoms with Gasteiger partial charge in [-0.05, 0) is 103 Å². The van der Waals surface area contributed by atoms with Gasteiger partial charge in [-0.1, -0.05) is 54.6 Å². The zero-order valence-electron chi connectivity index (χ0n) is 27.4. The molecule has 2 aliphatic carbocycles. The zero-order chi connectivity index (χ0) is 34.0. The summed E-state index contributed by atoms with van der Waals surface area (Å²) in [5, 5.41) is 7.04. The summed E-state index contributed by atoms with van der Waals surface area (Å²) >= 11 is 0. The molecule has 0 aromatic heterocycles. The second kappa shape index (κ2) is 17.1. The number of aliphatic hydroxyl groups excluding tert-OH is 1. The van der Waals surface area contributed by atoms with Crippen LogP contribution in [0.1, 0.15) is 54.4 Å². The summed E-state index contributed by atoms with van der Waals surface area (Å²) in [7, 11) is -4.28. The van der Waals surface area contributed by atoms with E-state index in [1.165, 1.54) is 14.7 Å². The second-order valence-corrected chi connectivity index (χ2v) is 16.0. The first-order valence-corrected chi connectivity index (χ1v) is 18.4. The van der Waals surface area contributed by atoms with Crippen LogP contribution in [0.2, 0.25) is 0 Å². The molecular weight excluding hydrogens is 625 g/mol. The van der Waals surface area contributed by atoms with Crippen LogP contribution in [-0.2, 0) is 40.1 Å². The lowest BCUT2D eigenvalue weighted by atomic mass is 9.79. The minimum absolute atomic E-state index is 0.0146. The molecule has 0 heterocycles. The average molecular weight is 672 g/mol. The van der Waals surface area contributed by atoms with Gasteiger partial charge in [-0.15, -0.1) is 0 Å². The Kier molecular flexibility index (Phi) is 13.9. The molecule has 0 amide bonds. The van der Waals surface area contributed by atoms with Crippen molar-refractivity contribution in [1.29, 1.82) is 0 Å². The van der Waals surface area contributed by atoms with E-state index >= 15 is 0 Å². The highest BCUT2D eigenvalue weighted by atomic mass is 32.2. The molecule has 8 nitrogen and oxygen atoms in total. The monoisotopic (exact) mass is 671 g/mol. The van der Waals surface area contributed by atoms with Crippen molar-refractivity contribution in [3.63, 3.8) is 0 Å². The van der Waals surface area contributed by atoms with Gasteiger partial charge in [-0.3, -0.25) is 14.1 Å². The first kappa shape index (κ1) is 37.3. The summed E-state index contributed by atoms with van der Waals surface area (Å²) in [6.45, 7) is 10.3. The highest BCUT2D eigenvalue weighted by Crippen LogP contribution is 2.55. The standard InChI is InChI=1S/C18H15S.C15H24O7S.C3H8O/c1-4-10-16(11-5-1)19(17-12-6-2-7-13-17)18-14-8-3-9-15-18;1-7(2)21-14(16)12-9-5-10(11(6-9)23(18,19)20)13(12)15(17)22-8(3)4;1-3(2)4/h1-15H;7-13H,5-6H2,1-4H3,(H,18,19,20);3-4H,1-2H3/q+1;;. The van der Waals surface area contributed by atoms with Gasteiger partial charge in [0.15, 0.2) is 14.7 Å². The number of hydrogen-bond acceptors (Lipinski definition) is 7. The highest BCUT2D eigenvalue weighted by Gasteiger charge is 2.62. The van der Waals surface area contributed by atoms with E-state index in [1.807, 2.05) is 0 Å². The van der Waals surface area contributed by atoms with E-state index < -0.39 is 45.1 Å². The van der Waals surface area contributed by atoms with Crippen molar-refractivity contribution in [2.75, 3.05) is 0 Å². The fraction of sp³-hybridized carbons (Fsp3) is 0.444. The first-order chi connectivity index (χ1) is 21.7. The predicted molar refractivity (Wildman–Crippen MR) is 180 cm³/mol. The number of hydrogen-bond donors (Lipinski definition) is 2. The van der Waals surface area contributed by atoms with Gasteiger partial charge in [-0.2, -0.15) is 8.42 Å². The molecule has 5 atom stereocenters. The summed E-state index contributed by atoms with van der Waals surface area (Å²) in [5.74, 6) is -3.56. The third-order valence-electron chi connectivity index (χ3n) is 7.51. The fourth-order valence-corrected chi connectivity index (χ4v) is 9.32. The average Bonchev–Trinajstić information content (AvgIpc) is 3.58. The van der Waals surface area contributed by atoms with Crippen LogP contribution in [0.4, 0.5) is 0 Å². The van der Waals surface area contributed by atoms with Crippen LogP contribution >= 0.6 is 0 Å². The van der Waals surface area contributed by atoms with Gasteiger partial charge in [-0.25, -0.2) is 0 Å². The molecule has 2 saturated carbocycles. The minimum Gasteiger partial charge on any atom is -0.463 e. The number of carbonyl (C=O) groups is 2. The predicted octanol–water partition coefficient (Wildman–Crippen LogP) is 6.59. The lowest BCUT2D eigenvalue weighted by molar-refractivity contribution is -0.167. The number of carbonyl (C=O) groups excluding carboxylic acids is 2. The highest BCUT2D eigenvalue weighted by molar-refractivity contribution is 7.97. The van der Waals surface area contributed by atoms with Crippen LogP contribution < -0.4 is 0 Å². The van der Waals surface area contributed by atoms with Gasteiger partial charge in [0.05, 0.1) is 40.2 Å². The van der Waals surface area contributed by atoms with Crippen molar-refractivity contribution >= 4 is 33.0 Å². The largest absolute Gasteiger partial charge is 0.463 e.